The van der Waals surface area contributed by atoms with Crippen LogP contribution in [0.2, 0.25) is 0 Å². The Bertz CT molecular complexity index is 234. The molecule has 1 saturated heterocycles. The van der Waals surface area contributed by atoms with Crippen molar-refractivity contribution in [3.8, 4) is 0 Å². The van der Waals surface area contributed by atoms with E-state index in [1.807, 2.05) is 27.7 Å². The molecule has 1 N–H and O–H groups in total. The summed E-state index contributed by atoms with van der Waals surface area (Å²) in [4.78, 5) is 13.5. The highest BCUT2D eigenvalue weighted by molar-refractivity contribution is 5.68. The van der Waals surface area contributed by atoms with Crippen molar-refractivity contribution in [3.05, 3.63) is 0 Å². The second-order valence-corrected chi connectivity index (χ2v) is 5.27. The number of aliphatic hydroxyl groups is 1. The molecule has 0 unspecified atom stereocenters. The molecular weight excluding hydrogens is 194 g/mol. The number of nitrogens with zero attached hydrogens (tertiary/aromatic N) is 1. The zero-order valence-electron chi connectivity index (χ0n) is 9.99. The zero-order chi connectivity index (χ0) is 11.6. The second kappa shape index (κ2) is 4.39. The maximum atomic E-state index is 11.8. The van der Waals surface area contributed by atoms with E-state index in [1.165, 1.54) is 0 Å². The van der Waals surface area contributed by atoms with Crippen molar-refractivity contribution in [1.82, 2.24) is 4.90 Å². The van der Waals surface area contributed by atoms with Crippen LogP contribution in [0.25, 0.3) is 0 Å². The van der Waals surface area contributed by atoms with Crippen LogP contribution >= 0.6 is 0 Å². The molecule has 1 rings (SSSR count). The van der Waals surface area contributed by atoms with E-state index in [0.717, 1.165) is 6.42 Å². The standard InChI is InChI=1S/C11H21NO3/c1-8-5-9(7-13)6-12(8)10(14)15-11(2,3)4/h8-9,13H,5-7H2,1-4H3/t8-,9+/m1/s1. The van der Waals surface area contributed by atoms with E-state index in [0.29, 0.717) is 6.54 Å². The molecule has 0 aromatic heterocycles. The SMILES string of the molecule is C[C@@H]1C[C@H](CO)CN1C(=O)OC(C)(C)C. The average molecular weight is 215 g/mol. The number of aliphatic hydroxyl groups excluding tert-OH is 1. The van der Waals surface area contributed by atoms with Gasteiger partial charge in [-0.15, -0.1) is 0 Å². The number of likely N-dealkylation sites (tertiary alicyclic amines) is 1. The first-order valence-electron chi connectivity index (χ1n) is 5.44. The quantitative estimate of drug-likeness (QED) is 0.723. The molecule has 1 fully saturated rings. The summed E-state index contributed by atoms with van der Waals surface area (Å²) in [6.45, 7) is 8.30. The third kappa shape index (κ3) is 3.38. The van der Waals surface area contributed by atoms with Crippen molar-refractivity contribution in [2.75, 3.05) is 13.2 Å². The molecule has 0 radical (unpaired) electrons. The molecule has 4 heteroatoms. The molecule has 1 aliphatic rings. The van der Waals surface area contributed by atoms with Gasteiger partial charge in [-0.05, 0) is 34.1 Å². The van der Waals surface area contributed by atoms with Crippen molar-refractivity contribution >= 4 is 6.09 Å². The molecule has 0 aromatic rings. The van der Waals surface area contributed by atoms with Crippen LogP contribution < -0.4 is 0 Å². The van der Waals surface area contributed by atoms with E-state index >= 15 is 0 Å². The summed E-state index contributed by atoms with van der Waals surface area (Å²) in [6, 6.07) is 0.164. The predicted molar refractivity (Wildman–Crippen MR) is 57.6 cm³/mol. The van der Waals surface area contributed by atoms with Crippen LogP contribution in [-0.4, -0.2) is 40.9 Å². The van der Waals surface area contributed by atoms with E-state index < -0.39 is 5.60 Å². The number of rotatable bonds is 1. The number of hydrogen-bond donors (Lipinski definition) is 1. The first kappa shape index (κ1) is 12.3. The predicted octanol–water partition coefficient (Wildman–Crippen LogP) is 1.62. The lowest BCUT2D eigenvalue weighted by molar-refractivity contribution is 0.0230. The summed E-state index contributed by atoms with van der Waals surface area (Å²) in [7, 11) is 0. The average Bonchev–Trinajstić information content (AvgIpc) is 2.43. The van der Waals surface area contributed by atoms with E-state index in [9.17, 15) is 4.79 Å². The summed E-state index contributed by atoms with van der Waals surface area (Å²) >= 11 is 0. The Morgan fingerprint density at radius 1 is 1.53 bits per heavy atom. The molecule has 1 heterocycles. The van der Waals surface area contributed by atoms with Crippen molar-refractivity contribution < 1.29 is 14.6 Å². The maximum absolute atomic E-state index is 11.8. The Balaban J connectivity index is 2.54. The Labute approximate surface area is 91.2 Å². The lowest BCUT2D eigenvalue weighted by Crippen LogP contribution is -2.38. The van der Waals surface area contributed by atoms with Crippen LogP contribution in [0.1, 0.15) is 34.1 Å². The number of carbonyl (C=O) groups excluding carboxylic acids is 1. The molecule has 88 valence electrons. The van der Waals surface area contributed by atoms with E-state index in [-0.39, 0.29) is 24.7 Å². The fourth-order valence-electron chi connectivity index (χ4n) is 1.85. The van der Waals surface area contributed by atoms with Crippen LogP contribution in [0.5, 0.6) is 0 Å². The van der Waals surface area contributed by atoms with Gasteiger partial charge in [0.05, 0.1) is 0 Å². The summed E-state index contributed by atoms with van der Waals surface area (Å²) in [5.74, 6) is 0.201. The molecule has 4 nitrogen and oxygen atoms in total. The Kier molecular flexibility index (Phi) is 3.60. The Hall–Kier alpha value is -0.770. The summed E-state index contributed by atoms with van der Waals surface area (Å²) in [5, 5.41) is 9.04. The molecule has 0 saturated carbocycles. The van der Waals surface area contributed by atoms with Crippen LogP contribution in [0, 0.1) is 5.92 Å². The van der Waals surface area contributed by atoms with Gasteiger partial charge in [-0.3, -0.25) is 0 Å². The largest absolute Gasteiger partial charge is 0.444 e. The van der Waals surface area contributed by atoms with Gasteiger partial charge in [0, 0.05) is 25.1 Å². The lowest BCUT2D eigenvalue weighted by atomic mass is 10.1. The summed E-state index contributed by atoms with van der Waals surface area (Å²) < 4.78 is 5.29. The topological polar surface area (TPSA) is 49.8 Å². The van der Waals surface area contributed by atoms with Crippen molar-refractivity contribution in [2.24, 2.45) is 5.92 Å². The molecule has 0 spiro atoms. The van der Waals surface area contributed by atoms with Gasteiger partial charge < -0.3 is 14.7 Å². The number of carbonyl (C=O) groups is 1. The Morgan fingerprint density at radius 2 is 2.13 bits per heavy atom. The first-order chi connectivity index (χ1) is 6.83. The van der Waals surface area contributed by atoms with Crippen molar-refractivity contribution in [1.29, 1.82) is 0 Å². The van der Waals surface area contributed by atoms with Gasteiger partial charge in [0.25, 0.3) is 0 Å². The molecule has 0 bridgehead atoms. The number of amides is 1. The van der Waals surface area contributed by atoms with Gasteiger partial charge in [-0.1, -0.05) is 0 Å². The van der Waals surface area contributed by atoms with Gasteiger partial charge in [0.1, 0.15) is 5.60 Å². The summed E-state index contributed by atoms with van der Waals surface area (Å²) in [5.41, 5.74) is -0.450. The van der Waals surface area contributed by atoms with Gasteiger partial charge in [-0.2, -0.15) is 0 Å². The highest BCUT2D eigenvalue weighted by Crippen LogP contribution is 2.24. The van der Waals surface area contributed by atoms with Gasteiger partial charge in [-0.25, -0.2) is 4.79 Å². The fraction of sp³-hybridized carbons (Fsp3) is 0.909. The van der Waals surface area contributed by atoms with E-state index in [4.69, 9.17) is 9.84 Å². The minimum atomic E-state index is -0.450. The second-order valence-electron chi connectivity index (χ2n) is 5.27. The first-order valence-corrected chi connectivity index (χ1v) is 5.44. The highest BCUT2D eigenvalue weighted by atomic mass is 16.6. The van der Waals surface area contributed by atoms with Crippen molar-refractivity contribution in [2.45, 2.75) is 45.8 Å². The van der Waals surface area contributed by atoms with E-state index in [1.54, 1.807) is 4.90 Å². The normalized spacial score (nSPS) is 26.9. The fourth-order valence-corrected chi connectivity index (χ4v) is 1.85. The monoisotopic (exact) mass is 215 g/mol. The minimum Gasteiger partial charge on any atom is -0.444 e. The third-order valence-electron chi connectivity index (χ3n) is 2.55. The number of hydrogen-bond acceptors (Lipinski definition) is 3. The highest BCUT2D eigenvalue weighted by Gasteiger charge is 2.34. The maximum Gasteiger partial charge on any atom is 0.410 e. The molecule has 2 atom stereocenters. The van der Waals surface area contributed by atoms with Crippen molar-refractivity contribution in [3.63, 3.8) is 0 Å². The van der Waals surface area contributed by atoms with Crippen LogP contribution in [0.15, 0.2) is 0 Å². The third-order valence-corrected chi connectivity index (χ3v) is 2.55. The lowest BCUT2D eigenvalue weighted by Gasteiger charge is -2.26. The number of ether oxygens (including phenoxy) is 1. The van der Waals surface area contributed by atoms with Gasteiger partial charge in [0.2, 0.25) is 0 Å². The molecular formula is C11H21NO3. The molecule has 0 aliphatic carbocycles. The smallest absolute Gasteiger partial charge is 0.410 e. The molecule has 15 heavy (non-hydrogen) atoms. The van der Waals surface area contributed by atoms with Gasteiger partial charge in [0.15, 0.2) is 0 Å². The minimum absolute atomic E-state index is 0.142. The summed E-state index contributed by atoms with van der Waals surface area (Å²) in [6.07, 6.45) is 0.585. The van der Waals surface area contributed by atoms with E-state index in [2.05, 4.69) is 0 Å². The van der Waals surface area contributed by atoms with Crippen LogP contribution in [-0.2, 0) is 4.74 Å². The molecule has 0 aromatic carbocycles. The van der Waals surface area contributed by atoms with Crippen LogP contribution in [0.3, 0.4) is 0 Å². The van der Waals surface area contributed by atoms with Crippen LogP contribution in [0.4, 0.5) is 4.79 Å². The zero-order valence-corrected chi connectivity index (χ0v) is 9.99. The molecule has 1 aliphatic heterocycles. The van der Waals surface area contributed by atoms with Gasteiger partial charge >= 0.3 is 6.09 Å². The Morgan fingerprint density at radius 3 is 2.53 bits per heavy atom. The molecule has 1 amide bonds.